The molecular weight excluding hydrogens is 320 g/mol. The lowest BCUT2D eigenvalue weighted by Crippen LogP contribution is -2.02. The van der Waals surface area contributed by atoms with Gasteiger partial charge in [0.1, 0.15) is 0 Å². The Balaban J connectivity index is 2.09. The first-order valence-corrected chi connectivity index (χ1v) is 9.15. The SMILES string of the molecule is OCCc1cc2c3cccc4cccc(c5cccc(c1CCO)c52)c43. The van der Waals surface area contributed by atoms with Gasteiger partial charge in [0, 0.05) is 13.2 Å². The number of hydrogen-bond acceptors (Lipinski definition) is 2. The van der Waals surface area contributed by atoms with Crippen LogP contribution in [0.15, 0.2) is 60.7 Å². The van der Waals surface area contributed by atoms with Gasteiger partial charge in [0.25, 0.3) is 0 Å². The molecule has 5 aromatic rings. The molecule has 0 aliphatic heterocycles. The third-order valence-corrected chi connectivity index (χ3v) is 5.59. The van der Waals surface area contributed by atoms with Crippen LogP contribution in [-0.2, 0) is 12.8 Å². The minimum atomic E-state index is 0.114. The quantitative estimate of drug-likeness (QED) is 0.364. The molecule has 2 N–H and O–H groups in total. The highest BCUT2D eigenvalue weighted by Crippen LogP contribution is 2.42. The van der Waals surface area contributed by atoms with E-state index < -0.39 is 0 Å². The molecule has 0 atom stereocenters. The van der Waals surface area contributed by atoms with Crippen molar-refractivity contribution in [2.45, 2.75) is 12.8 Å². The highest BCUT2D eigenvalue weighted by atomic mass is 16.3. The lowest BCUT2D eigenvalue weighted by atomic mass is 9.85. The molecule has 0 aromatic heterocycles. The fraction of sp³-hybridized carbons (Fsp3) is 0.167. The Kier molecular flexibility index (Phi) is 3.56. The normalized spacial score (nSPS) is 12.1. The van der Waals surface area contributed by atoms with E-state index in [0.717, 1.165) is 11.1 Å². The van der Waals surface area contributed by atoms with Crippen LogP contribution in [0.25, 0.3) is 43.1 Å². The third-order valence-electron chi connectivity index (χ3n) is 5.59. The summed E-state index contributed by atoms with van der Waals surface area (Å²) in [4.78, 5) is 0. The van der Waals surface area contributed by atoms with Crippen molar-refractivity contribution in [2.24, 2.45) is 0 Å². The number of rotatable bonds is 4. The minimum Gasteiger partial charge on any atom is -0.396 e. The first-order valence-electron chi connectivity index (χ1n) is 9.15. The molecule has 0 aliphatic rings. The van der Waals surface area contributed by atoms with E-state index >= 15 is 0 Å². The summed E-state index contributed by atoms with van der Waals surface area (Å²) in [6.07, 6.45) is 1.22. The lowest BCUT2D eigenvalue weighted by Gasteiger charge is -2.19. The Morgan fingerprint density at radius 3 is 1.85 bits per heavy atom. The van der Waals surface area contributed by atoms with Crippen LogP contribution in [0, 0.1) is 0 Å². The van der Waals surface area contributed by atoms with Crippen molar-refractivity contribution < 1.29 is 10.2 Å². The van der Waals surface area contributed by atoms with Crippen molar-refractivity contribution >= 4 is 43.1 Å². The second-order valence-corrected chi connectivity index (χ2v) is 6.95. The molecule has 128 valence electrons. The molecule has 0 bridgehead atoms. The summed E-state index contributed by atoms with van der Waals surface area (Å²) in [5, 5.41) is 29.2. The highest BCUT2D eigenvalue weighted by Gasteiger charge is 2.16. The van der Waals surface area contributed by atoms with Gasteiger partial charge in [-0.05, 0) is 67.1 Å². The number of aliphatic hydroxyl groups is 2. The van der Waals surface area contributed by atoms with Gasteiger partial charge in [-0.3, -0.25) is 0 Å². The first-order chi connectivity index (χ1) is 12.8. The van der Waals surface area contributed by atoms with Gasteiger partial charge in [-0.2, -0.15) is 0 Å². The van der Waals surface area contributed by atoms with Gasteiger partial charge in [0.15, 0.2) is 0 Å². The molecule has 5 rings (SSSR count). The predicted molar refractivity (Wildman–Crippen MR) is 109 cm³/mol. The van der Waals surface area contributed by atoms with Gasteiger partial charge in [-0.25, -0.2) is 0 Å². The van der Waals surface area contributed by atoms with Crippen molar-refractivity contribution in [3.05, 3.63) is 71.8 Å². The van der Waals surface area contributed by atoms with Crippen LogP contribution >= 0.6 is 0 Å². The average Bonchev–Trinajstić information content (AvgIpc) is 2.68. The fourth-order valence-electron chi connectivity index (χ4n) is 4.58. The molecule has 0 amide bonds. The average molecular weight is 340 g/mol. The molecule has 0 saturated carbocycles. The molecule has 0 spiro atoms. The topological polar surface area (TPSA) is 40.5 Å². The maximum atomic E-state index is 9.60. The van der Waals surface area contributed by atoms with Crippen LogP contribution in [0.5, 0.6) is 0 Å². The van der Waals surface area contributed by atoms with Gasteiger partial charge in [-0.15, -0.1) is 0 Å². The third kappa shape index (κ3) is 2.06. The number of fused-ring (bicyclic) bond motifs is 2. The monoisotopic (exact) mass is 340 g/mol. The standard InChI is InChI=1S/C24H20O2/c25-12-10-16-14-22-21-7-2-5-15-4-1-6-19(23(15)21)20-9-3-8-18(24(20)22)17(16)11-13-26/h1-9,14,25-26H,10-13H2. The maximum Gasteiger partial charge on any atom is 0.0471 e. The van der Waals surface area contributed by atoms with Gasteiger partial charge in [-0.1, -0.05) is 60.7 Å². The van der Waals surface area contributed by atoms with E-state index in [9.17, 15) is 10.2 Å². The molecule has 0 fully saturated rings. The zero-order valence-corrected chi connectivity index (χ0v) is 14.5. The summed E-state index contributed by atoms with van der Waals surface area (Å²) in [6, 6.07) is 21.7. The van der Waals surface area contributed by atoms with Crippen LogP contribution in [0.4, 0.5) is 0 Å². The first kappa shape index (κ1) is 15.6. The van der Waals surface area contributed by atoms with E-state index in [1.807, 2.05) is 0 Å². The zero-order valence-electron chi connectivity index (χ0n) is 14.5. The molecular formula is C24H20O2. The molecule has 5 aromatic carbocycles. The Labute approximate surface area is 151 Å². The molecule has 26 heavy (non-hydrogen) atoms. The molecule has 0 aliphatic carbocycles. The largest absolute Gasteiger partial charge is 0.396 e. The Hall–Kier alpha value is -2.68. The summed E-state index contributed by atoms with van der Waals surface area (Å²) in [6.45, 7) is 0.229. The molecule has 0 saturated heterocycles. The van der Waals surface area contributed by atoms with Crippen molar-refractivity contribution in [1.82, 2.24) is 0 Å². The predicted octanol–water partition coefficient (Wildman–Crippen LogP) is 4.81. The smallest absolute Gasteiger partial charge is 0.0471 e. The summed E-state index contributed by atoms with van der Waals surface area (Å²) in [7, 11) is 0. The highest BCUT2D eigenvalue weighted by molar-refractivity contribution is 6.33. The molecule has 0 unspecified atom stereocenters. The summed E-state index contributed by atoms with van der Waals surface area (Å²) < 4.78 is 0. The molecule has 2 heteroatoms. The van der Waals surface area contributed by atoms with E-state index in [2.05, 4.69) is 60.7 Å². The minimum absolute atomic E-state index is 0.114. The second-order valence-electron chi connectivity index (χ2n) is 6.95. The maximum absolute atomic E-state index is 9.60. The Morgan fingerprint density at radius 2 is 1.15 bits per heavy atom. The second kappa shape index (κ2) is 5.94. The summed E-state index contributed by atoms with van der Waals surface area (Å²) in [5.74, 6) is 0. The Bertz CT molecular complexity index is 1250. The van der Waals surface area contributed by atoms with E-state index in [1.54, 1.807) is 0 Å². The van der Waals surface area contributed by atoms with E-state index in [0.29, 0.717) is 12.8 Å². The van der Waals surface area contributed by atoms with Crippen molar-refractivity contribution in [1.29, 1.82) is 0 Å². The van der Waals surface area contributed by atoms with E-state index in [1.165, 1.54) is 43.1 Å². The zero-order chi connectivity index (χ0) is 17.7. The van der Waals surface area contributed by atoms with Crippen LogP contribution in [0.3, 0.4) is 0 Å². The molecule has 0 heterocycles. The van der Waals surface area contributed by atoms with Gasteiger partial charge >= 0.3 is 0 Å². The van der Waals surface area contributed by atoms with Gasteiger partial charge < -0.3 is 10.2 Å². The Morgan fingerprint density at radius 1 is 0.577 bits per heavy atom. The van der Waals surface area contributed by atoms with Crippen LogP contribution in [0.2, 0.25) is 0 Å². The van der Waals surface area contributed by atoms with Crippen molar-refractivity contribution in [2.75, 3.05) is 13.2 Å². The van der Waals surface area contributed by atoms with Gasteiger partial charge in [0.05, 0.1) is 0 Å². The van der Waals surface area contributed by atoms with Crippen molar-refractivity contribution in [3.63, 3.8) is 0 Å². The van der Waals surface area contributed by atoms with Gasteiger partial charge in [0.2, 0.25) is 0 Å². The number of hydrogen-bond donors (Lipinski definition) is 2. The van der Waals surface area contributed by atoms with Crippen LogP contribution in [-0.4, -0.2) is 23.4 Å². The fourth-order valence-corrected chi connectivity index (χ4v) is 4.58. The number of aliphatic hydroxyl groups excluding tert-OH is 2. The van der Waals surface area contributed by atoms with Crippen LogP contribution in [0.1, 0.15) is 11.1 Å². The van der Waals surface area contributed by atoms with Crippen LogP contribution < -0.4 is 0 Å². The van der Waals surface area contributed by atoms with E-state index in [-0.39, 0.29) is 13.2 Å². The van der Waals surface area contributed by atoms with Crippen molar-refractivity contribution in [3.8, 4) is 0 Å². The molecule has 0 radical (unpaired) electrons. The lowest BCUT2D eigenvalue weighted by molar-refractivity contribution is 0.293. The molecule has 2 nitrogen and oxygen atoms in total. The van der Waals surface area contributed by atoms with E-state index in [4.69, 9.17) is 0 Å². The number of benzene rings is 5. The summed E-state index contributed by atoms with van der Waals surface area (Å²) >= 11 is 0. The summed E-state index contributed by atoms with van der Waals surface area (Å²) in [5.41, 5.74) is 2.30.